The van der Waals surface area contributed by atoms with Gasteiger partial charge in [-0.3, -0.25) is 0 Å². The Balaban J connectivity index is 1.97. The molecule has 0 radical (unpaired) electrons. The maximum atomic E-state index is 5.54. The van der Waals surface area contributed by atoms with Crippen LogP contribution in [0.5, 0.6) is 0 Å². The average Bonchev–Trinajstić information content (AvgIpc) is 2.87. The van der Waals surface area contributed by atoms with E-state index >= 15 is 0 Å². The predicted octanol–water partition coefficient (Wildman–Crippen LogP) is 2.93. The van der Waals surface area contributed by atoms with E-state index in [1.54, 1.807) is 0 Å². The molecule has 0 unspecified atom stereocenters. The molecule has 0 aromatic heterocycles. The van der Waals surface area contributed by atoms with Crippen molar-refractivity contribution in [1.29, 1.82) is 0 Å². The SMILES string of the molecule is CCC[C@@H]1O[C@@H]1c1ccccc1. The Bertz CT molecular complexity index is 242. The van der Waals surface area contributed by atoms with Crippen LogP contribution < -0.4 is 0 Å². The molecule has 2 atom stereocenters. The van der Waals surface area contributed by atoms with Crippen molar-refractivity contribution < 1.29 is 4.74 Å². The Hall–Kier alpha value is -0.820. The zero-order chi connectivity index (χ0) is 8.39. The largest absolute Gasteiger partial charge is 0.365 e. The van der Waals surface area contributed by atoms with Crippen LogP contribution in [0.4, 0.5) is 0 Å². The number of ether oxygens (including phenoxy) is 1. The first-order chi connectivity index (χ1) is 5.92. The Labute approximate surface area is 73.4 Å². The number of benzene rings is 1. The number of hydrogen-bond acceptors (Lipinski definition) is 1. The van der Waals surface area contributed by atoms with E-state index in [-0.39, 0.29) is 0 Å². The maximum absolute atomic E-state index is 5.54. The Kier molecular flexibility index (Phi) is 2.13. The highest BCUT2D eigenvalue weighted by Gasteiger charge is 2.38. The van der Waals surface area contributed by atoms with Crippen LogP contribution in [0.25, 0.3) is 0 Å². The molecular formula is C11H14O. The minimum absolute atomic E-state index is 0.395. The van der Waals surface area contributed by atoms with Crippen LogP contribution >= 0.6 is 0 Å². The van der Waals surface area contributed by atoms with Crippen molar-refractivity contribution in [1.82, 2.24) is 0 Å². The lowest BCUT2D eigenvalue weighted by atomic mass is 10.1. The van der Waals surface area contributed by atoms with E-state index in [2.05, 4.69) is 31.2 Å². The van der Waals surface area contributed by atoms with Crippen molar-refractivity contribution in [3.05, 3.63) is 35.9 Å². The minimum Gasteiger partial charge on any atom is -0.365 e. The van der Waals surface area contributed by atoms with E-state index in [0.717, 1.165) is 0 Å². The first-order valence-corrected chi connectivity index (χ1v) is 4.62. The van der Waals surface area contributed by atoms with E-state index < -0.39 is 0 Å². The average molecular weight is 162 g/mol. The normalized spacial score (nSPS) is 27.1. The molecule has 2 rings (SSSR count). The standard InChI is InChI=1S/C11H14O/c1-2-6-10-11(12-10)9-7-4-3-5-8-9/h3-5,7-8,10-11H,2,6H2,1H3/t10-,11+/m0/s1. The summed E-state index contributed by atoms with van der Waals surface area (Å²) < 4.78 is 5.54. The van der Waals surface area contributed by atoms with Crippen molar-refractivity contribution in [3.8, 4) is 0 Å². The third-order valence-corrected chi connectivity index (χ3v) is 2.28. The summed E-state index contributed by atoms with van der Waals surface area (Å²) in [5.41, 5.74) is 1.33. The van der Waals surface area contributed by atoms with E-state index in [0.29, 0.717) is 12.2 Å². The predicted molar refractivity (Wildman–Crippen MR) is 49.0 cm³/mol. The maximum Gasteiger partial charge on any atom is 0.109 e. The van der Waals surface area contributed by atoms with Crippen molar-refractivity contribution in [2.75, 3.05) is 0 Å². The van der Waals surface area contributed by atoms with Gasteiger partial charge < -0.3 is 4.74 Å². The molecule has 1 saturated heterocycles. The molecule has 1 aliphatic rings. The van der Waals surface area contributed by atoms with Gasteiger partial charge in [0, 0.05) is 0 Å². The molecule has 0 bridgehead atoms. The van der Waals surface area contributed by atoms with Gasteiger partial charge >= 0.3 is 0 Å². The fourth-order valence-electron chi connectivity index (χ4n) is 1.58. The molecule has 0 spiro atoms. The highest BCUT2D eigenvalue weighted by molar-refractivity contribution is 5.22. The van der Waals surface area contributed by atoms with Crippen LogP contribution in [0.15, 0.2) is 30.3 Å². The van der Waals surface area contributed by atoms with Crippen LogP contribution in [-0.4, -0.2) is 6.10 Å². The van der Waals surface area contributed by atoms with Crippen LogP contribution in [0.2, 0.25) is 0 Å². The molecule has 0 amide bonds. The number of rotatable bonds is 3. The molecule has 1 aromatic rings. The van der Waals surface area contributed by atoms with Gasteiger partial charge in [-0.25, -0.2) is 0 Å². The van der Waals surface area contributed by atoms with Gasteiger partial charge in [0.2, 0.25) is 0 Å². The molecule has 1 nitrogen and oxygen atoms in total. The molecule has 64 valence electrons. The summed E-state index contributed by atoms with van der Waals surface area (Å²) in [6, 6.07) is 10.5. The molecule has 0 saturated carbocycles. The third kappa shape index (κ3) is 1.51. The molecule has 1 heterocycles. The quantitative estimate of drug-likeness (QED) is 0.622. The first kappa shape index (κ1) is 7.81. The molecule has 0 aliphatic carbocycles. The summed E-state index contributed by atoms with van der Waals surface area (Å²) in [4.78, 5) is 0. The van der Waals surface area contributed by atoms with Crippen molar-refractivity contribution in [3.63, 3.8) is 0 Å². The lowest BCUT2D eigenvalue weighted by Gasteiger charge is -1.93. The molecular weight excluding hydrogens is 148 g/mol. The molecule has 1 fully saturated rings. The van der Waals surface area contributed by atoms with Gasteiger partial charge in [-0.2, -0.15) is 0 Å². The molecule has 1 heteroatoms. The second kappa shape index (κ2) is 3.28. The lowest BCUT2D eigenvalue weighted by Crippen LogP contribution is -1.86. The topological polar surface area (TPSA) is 12.5 Å². The van der Waals surface area contributed by atoms with Crippen molar-refractivity contribution >= 4 is 0 Å². The van der Waals surface area contributed by atoms with Crippen LogP contribution in [0.3, 0.4) is 0 Å². The highest BCUT2D eigenvalue weighted by atomic mass is 16.6. The fraction of sp³-hybridized carbons (Fsp3) is 0.455. The van der Waals surface area contributed by atoms with E-state index in [1.165, 1.54) is 18.4 Å². The number of epoxide rings is 1. The zero-order valence-corrected chi connectivity index (χ0v) is 7.36. The van der Waals surface area contributed by atoms with Crippen LogP contribution in [-0.2, 0) is 4.74 Å². The monoisotopic (exact) mass is 162 g/mol. The van der Waals surface area contributed by atoms with E-state index in [1.807, 2.05) is 6.07 Å². The summed E-state index contributed by atoms with van der Waals surface area (Å²) in [7, 11) is 0. The van der Waals surface area contributed by atoms with Crippen LogP contribution in [0.1, 0.15) is 31.4 Å². The van der Waals surface area contributed by atoms with E-state index in [9.17, 15) is 0 Å². The second-order valence-corrected chi connectivity index (χ2v) is 3.29. The summed E-state index contributed by atoms with van der Waals surface area (Å²) >= 11 is 0. The van der Waals surface area contributed by atoms with Gasteiger partial charge in [-0.1, -0.05) is 43.7 Å². The Morgan fingerprint density at radius 3 is 2.67 bits per heavy atom. The second-order valence-electron chi connectivity index (χ2n) is 3.29. The van der Waals surface area contributed by atoms with Gasteiger partial charge in [-0.05, 0) is 12.0 Å². The van der Waals surface area contributed by atoms with Crippen LogP contribution in [0, 0.1) is 0 Å². The molecule has 1 aromatic carbocycles. The smallest absolute Gasteiger partial charge is 0.109 e. The number of hydrogen-bond donors (Lipinski definition) is 0. The fourth-order valence-corrected chi connectivity index (χ4v) is 1.58. The van der Waals surface area contributed by atoms with Gasteiger partial charge in [0.1, 0.15) is 6.10 Å². The Morgan fingerprint density at radius 1 is 1.25 bits per heavy atom. The first-order valence-electron chi connectivity index (χ1n) is 4.62. The lowest BCUT2D eigenvalue weighted by molar-refractivity contribution is 0.365. The van der Waals surface area contributed by atoms with Crippen molar-refractivity contribution in [2.45, 2.75) is 32.0 Å². The summed E-state index contributed by atoms with van der Waals surface area (Å²) in [6.07, 6.45) is 3.30. The molecule has 12 heavy (non-hydrogen) atoms. The zero-order valence-electron chi connectivity index (χ0n) is 7.36. The highest BCUT2D eigenvalue weighted by Crippen LogP contribution is 2.40. The summed E-state index contributed by atoms with van der Waals surface area (Å²) in [5.74, 6) is 0. The molecule has 1 aliphatic heterocycles. The van der Waals surface area contributed by atoms with Gasteiger partial charge in [-0.15, -0.1) is 0 Å². The van der Waals surface area contributed by atoms with Gasteiger partial charge in [0.25, 0.3) is 0 Å². The third-order valence-electron chi connectivity index (χ3n) is 2.28. The van der Waals surface area contributed by atoms with Crippen molar-refractivity contribution in [2.24, 2.45) is 0 Å². The molecule has 0 N–H and O–H groups in total. The van der Waals surface area contributed by atoms with Gasteiger partial charge in [0.05, 0.1) is 6.10 Å². The Morgan fingerprint density at radius 2 is 2.00 bits per heavy atom. The summed E-state index contributed by atoms with van der Waals surface area (Å²) in [6.45, 7) is 2.20. The minimum atomic E-state index is 0.395. The van der Waals surface area contributed by atoms with E-state index in [4.69, 9.17) is 4.74 Å². The van der Waals surface area contributed by atoms with Gasteiger partial charge in [0.15, 0.2) is 0 Å². The summed E-state index contributed by atoms with van der Waals surface area (Å²) in [5, 5.41) is 0.